The molecule has 0 spiro atoms. The van der Waals surface area contributed by atoms with Crippen molar-refractivity contribution in [2.75, 3.05) is 12.3 Å². The molecule has 0 heterocycles. The number of amides is 1. The van der Waals surface area contributed by atoms with Gasteiger partial charge in [-0.2, -0.15) is 0 Å². The van der Waals surface area contributed by atoms with E-state index >= 15 is 0 Å². The molecule has 0 radical (unpaired) electrons. The Morgan fingerprint density at radius 2 is 2.00 bits per heavy atom. The van der Waals surface area contributed by atoms with Crippen LogP contribution in [0.5, 0.6) is 0 Å². The lowest BCUT2D eigenvalue weighted by molar-refractivity contribution is 0.0951. The van der Waals surface area contributed by atoms with Crippen molar-refractivity contribution in [1.29, 1.82) is 0 Å². The Balaban J connectivity index is 2.03. The molecule has 1 atom stereocenters. The molecule has 0 aliphatic heterocycles. The Bertz CT molecular complexity index is 500. The average molecular weight is 254 g/mol. The second kappa shape index (κ2) is 4.23. The van der Waals surface area contributed by atoms with E-state index in [1.807, 2.05) is 0 Å². The van der Waals surface area contributed by atoms with Crippen molar-refractivity contribution in [1.82, 2.24) is 5.32 Å². The number of nitrogens with one attached hydrogen (secondary N) is 1. The Morgan fingerprint density at radius 1 is 1.44 bits per heavy atom. The van der Waals surface area contributed by atoms with Crippen molar-refractivity contribution < 1.29 is 13.6 Å². The molecule has 1 aromatic rings. The summed E-state index contributed by atoms with van der Waals surface area (Å²) in [7, 11) is 0. The van der Waals surface area contributed by atoms with Crippen LogP contribution in [0.4, 0.5) is 14.5 Å². The summed E-state index contributed by atoms with van der Waals surface area (Å²) < 4.78 is 25.9. The second-order valence-electron chi connectivity index (χ2n) is 5.45. The van der Waals surface area contributed by atoms with Gasteiger partial charge in [-0.15, -0.1) is 0 Å². The summed E-state index contributed by atoms with van der Waals surface area (Å²) in [6, 6.07) is 1.66. The van der Waals surface area contributed by atoms with Crippen LogP contribution in [0.15, 0.2) is 12.1 Å². The van der Waals surface area contributed by atoms with Crippen molar-refractivity contribution >= 4 is 11.6 Å². The quantitative estimate of drug-likeness (QED) is 0.813. The number of hydrogen-bond donors (Lipinski definition) is 2. The second-order valence-corrected chi connectivity index (χ2v) is 5.45. The molecule has 1 saturated carbocycles. The number of rotatable bonds is 3. The molecule has 3 N–H and O–H groups in total. The van der Waals surface area contributed by atoms with Crippen LogP contribution < -0.4 is 11.1 Å². The van der Waals surface area contributed by atoms with E-state index in [0.717, 1.165) is 18.6 Å². The van der Waals surface area contributed by atoms with Crippen LogP contribution in [0.3, 0.4) is 0 Å². The maximum atomic E-state index is 13.0. The van der Waals surface area contributed by atoms with Gasteiger partial charge in [-0.05, 0) is 23.8 Å². The fraction of sp³-hybridized carbons (Fsp3) is 0.462. The third-order valence-electron chi connectivity index (χ3n) is 3.56. The van der Waals surface area contributed by atoms with Crippen LogP contribution in [0.2, 0.25) is 0 Å². The summed E-state index contributed by atoms with van der Waals surface area (Å²) in [6.45, 7) is 4.77. The van der Waals surface area contributed by atoms with Gasteiger partial charge in [0.2, 0.25) is 0 Å². The van der Waals surface area contributed by atoms with E-state index in [9.17, 15) is 13.6 Å². The Hall–Kier alpha value is -1.65. The normalized spacial score (nSPS) is 20.6. The van der Waals surface area contributed by atoms with Gasteiger partial charge < -0.3 is 11.1 Å². The van der Waals surface area contributed by atoms with Gasteiger partial charge in [0, 0.05) is 18.3 Å². The minimum absolute atomic E-state index is 0.0210. The van der Waals surface area contributed by atoms with Gasteiger partial charge in [-0.3, -0.25) is 4.79 Å². The van der Waals surface area contributed by atoms with E-state index in [1.165, 1.54) is 0 Å². The van der Waals surface area contributed by atoms with Gasteiger partial charge in [0.1, 0.15) is 0 Å². The van der Waals surface area contributed by atoms with Gasteiger partial charge >= 0.3 is 0 Å². The van der Waals surface area contributed by atoms with Gasteiger partial charge in [0.15, 0.2) is 11.6 Å². The van der Waals surface area contributed by atoms with Crippen LogP contribution >= 0.6 is 0 Å². The van der Waals surface area contributed by atoms with Crippen molar-refractivity contribution in [3.8, 4) is 0 Å². The van der Waals surface area contributed by atoms with Gasteiger partial charge in [-0.1, -0.05) is 13.8 Å². The van der Waals surface area contributed by atoms with Crippen LogP contribution in [0.25, 0.3) is 0 Å². The Labute approximate surface area is 104 Å². The lowest BCUT2D eigenvalue weighted by Crippen LogP contribution is -2.27. The van der Waals surface area contributed by atoms with E-state index in [1.54, 1.807) is 0 Å². The molecule has 2 rings (SSSR count). The number of carbonyl (C=O) groups is 1. The summed E-state index contributed by atoms with van der Waals surface area (Å²) in [5, 5.41) is 2.70. The molecule has 1 aliphatic carbocycles. The van der Waals surface area contributed by atoms with Crippen LogP contribution in [0.1, 0.15) is 30.6 Å². The fourth-order valence-electron chi connectivity index (χ4n) is 1.99. The molecule has 5 heteroatoms. The SMILES string of the molecule is CC1(C)CC1CNC(=O)c1cc(F)c(F)cc1N. The minimum Gasteiger partial charge on any atom is -0.398 e. The summed E-state index contributed by atoms with van der Waals surface area (Å²) in [4.78, 5) is 11.8. The smallest absolute Gasteiger partial charge is 0.253 e. The maximum Gasteiger partial charge on any atom is 0.253 e. The Morgan fingerprint density at radius 3 is 2.56 bits per heavy atom. The monoisotopic (exact) mass is 254 g/mol. The Kier molecular flexibility index (Phi) is 3.00. The zero-order valence-electron chi connectivity index (χ0n) is 10.4. The zero-order chi connectivity index (χ0) is 13.5. The molecule has 1 unspecified atom stereocenters. The van der Waals surface area contributed by atoms with Gasteiger partial charge in [0.25, 0.3) is 5.91 Å². The maximum absolute atomic E-state index is 13.0. The first kappa shape index (κ1) is 12.8. The molecule has 0 aromatic heterocycles. The number of hydrogen-bond acceptors (Lipinski definition) is 2. The topological polar surface area (TPSA) is 55.1 Å². The summed E-state index contributed by atoms with van der Waals surface area (Å²) in [5.41, 5.74) is 5.68. The molecule has 98 valence electrons. The highest BCUT2D eigenvalue weighted by Crippen LogP contribution is 2.50. The summed E-state index contributed by atoms with van der Waals surface area (Å²) in [5.74, 6) is -2.14. The highest BCUT2D eigenvalue weighted by atomic mass is 19.2. The lowest BCUT2D eigenvalue weighted by Gasteiger charge is -2.09. The highest BCUT2D eigenvalue weighted by molar-refractivity contribution is 5.99. The first-order chi connectivity index (χ1) is 8.31. The van der Waals surface area contributed by atoms with Crippen LogP contribution in [-0.4, -0.2) is 12.5 Å². The third kappa shape index (κ3) is 2.44. The first-order valence-electron chi connectivity index (χ1n) is 5.84. The van der Waals surface area contributed by atoms with E-state index < -0.39 is 17.5 Å². The molecule has 1 aliphatic rings. The first-order valence-corrected chi connectivity index (χ1v) is 5.84. The summed E-state index contributed by atoms with van der Waals surface area (Å²) in [6.07, 6.45) is 1.06. The molecule has 3 nitrogen and oxygen atoms in total. The number of nitrogen functional groups attached to an aromatic ring is 1. The number of halogens is 2. The molecule has 18 heavy (non-hydrogen) atoms. The van der Waals surface area contributed by atoms with E-state index in [-0.39, 0.29) is 16.7 Å². The zero-order valence-corrected chi connectivity index (χ0v) is 10.4. The third-order valence-corrected chi connectivity index (χ3v) is 3.56. The van der Waals surface area contributed by atoms with Crippen LogP contribution in [0, 0.1) is 23.0 Å². The lowest BCUT2D eigenvalue weighted by atomic mass is 10.1. The molecule has 0 saturated heterocycles. The molecular formula is C13H16F2N2O. The van der Waals surface area contributed by atoms with Crippen molar-refractivity contribution in [3.05, 3.63) is 29.3 Å². The number of benzene rings is 1. The number of anilines is 1. The molecule has 1 aromatic carbocycles. The number of carbonyl (C=O) groups excluding carboxylic acids is 1. The van der Waals surface area contributed by atoms with E-state index in [2.05, 4.69) is 19.2 Å². The average Bonchev–Trinajstić information content (AvgIpc) is 2.88. The standard InChI is InChI=1S/C13H16F2N2O/c1-13(2)5-7(13)6-17-12(18)8-3-9(14)10(15)4-11(8)16/h3-4,7H,5-6,16H2,1-2H3,(H,17,18). The molecule has 0 bridgehead atoms. The minimum atomic E-state index is -1.07. The van der Waals surface area contributed by atoms with Crippen LogP contribution in [-0.2, 0) is 0 Å². The van der Waals surface area contributed by atoms with E-state index in [4.69, 9.17) is 5.73 Å². The van der Waals surface area contributed by atoms with Gasteiger partial charge in [0.05, 0.1) is 5.56 Å². The molecule has 1 fully saturated rings. The van der Waals surface area contributed by atoms with E-state index in [0.29, 0.717) is 12.5 Å². The number of nitrogens with two attached hydrogens (primary N) is 1. The van der Waals surface area contributed by atoms with Crippen molar-refractivity contribution in [3.63, 3.8) is 0 Å². The van der Waals surface area contributed by atoms with Gasteiger partial charge in [-0.25, -0.2) is 8.78 Å². The molecule has 1 amide bonds. The largest absolute Gasteiger partial charge is 0.398 e. The predicted octanol–water partition coefficient (Wildman–Crippen LogP) is 2.32. The highest BCUT2D eigenvalue weighted by Gasteiger charge is 2.45. The molecular weight excluding hydrogens is 238 g/mol. The van der Waals surface area contributed by atoms with Crippen molar-refractivity contribution in [2.24, 2.45) is 11.3 Å². The fourth-order valence-corrected chi connectivity index (χ4v) is 1.99. The predicted molar refractivity (Wildman–Crippen MR) is 65.0 cm³/mol. The van der Waals surface area contributed by atoms with Crippen molar-refractivity contribution in [2.45, 2.75) is 20.3 Å². The summed E-state index contributed by atoms with van der Waals surface area (Å²) >= 11 is 0.